The third kappa shape index (κ3) is 3.30. The minimum Gasteiger partial charge on any atom is -0.393 e. The zero-order chi connectivity index (χ0) is 15.8. The molecular formula is C16H25NO3S. The molecule has 2 rings (SSSR count). The van der Waals surface area contributed by atoms with Crippen LogP contribution in [-0.4, -0.2) is 36.5 Å². The summed E-state index contributed by atoms with van der Waals surface area (Å²) in [7, 11) is -3.53. The molecule has 5 heteroatoms. The molecule has 118 valence electrons. The van der Waals surface area contributed by atoms with Crippen molar-refractivity contribution in [3.63, 3.8) is 0 Å². The number of piperidine rings is 1. The summed E-state index contributed by atoms with van der Waals surface area (Å²) in [6.07, 6.45) is 0.599. The Morgan fingerprint density at radius 3 is 2.43 bits per heavy atom. The molecule has 1 fully saturated rings. The van der Waals surface area contributed by atoms with Crippen LogP contribution in [0.3, 0.4) is 0 Å². The molecule has 0 aromatic heterocycles. The number of hydrogen-bond donors (Lipinski definition) is 1. The first-order valence-corrected chi connectivity index (χ1v) is 8.87. The van der Waals surface area contributed by atoms with Crippen molar-refractivity contribution in [2.24, 2.45) is 0 Å². The van der Waals surface area contributed by atoms with Gasteiger partial charge in [0.15, 0.2) is 0 Å². The topological polar surface area (TPSA) is 57.6 Å². The van der Waals surface area contributed by atoms with Crippen molar-refractivity contribution in [1.82, 2.24) is 4.31 Å². The Morgan fingerprint density at radius 2 is 1.86 bits per heavy atom. The van der Waals surface area contributed by atoms with Crippen LogP contribution in [0.1, 0.15) is 46.1 Å². The molecule has 1 saturated heterocycles. The fourth-order valence-corrected chi connectivity index (χ4v) is 4.98. The third-order valence-corrected chi connectivity index (χ3v) is 6.14. The lowest BCUT2D eigenvalue weighted by Crippen LogP contribution is -2.46. The highest BCUT2D eigenvalue weighted by atomic mass is 32.2. The highest BCUT2D eigenvalue weighted by Crippen LogP contribution is 2.32. The Kier molecular flexibility index (Phi) is 4.47. The number of aliphatic hydroxyl groups excluding tert-OH is 1. The summed E-state index contributed by atoms with van der Waals surface area (Å²) in [5.74, 6) is 0. The highest BCUT2D eigenvalue weighted by Gasteiger charge is 2.36. The Hall–Kier alpha value is -0.910. The lowest BCUT2D eigenvalue weighted by atomic mass is 9.87. The van der Waals surface area contributed by atoms with Gasteiger partial charge in [-0.15, -0.1) is 0 Å². The Bertz CT molecular complexity index is 604. The molecule has 1 aromatic rings. The molecule has 1 aliphatic heterocycles. The van der Waals surface area contributed by atoms with Crippen molar-refractivity contribution in [2.45, 2.75) is 63.0 Å². The first-order valence-electron chi connectivity index (χ1n) is 7.43. The number of aliphatic hydroxyl groups is 1. The predicted molar refractivity (Wildman–Crippen MR) is 83.7 cm³/mol. The second-order valence-electron chi connectivity index (χ2n) is 6.89. The van der Waals surface area contributed by atoms with E-state index in [2.05, 4.69) is 0 Å². The number of benzene rings is 1. The van der Waals surface area contributed by atoms with E-state index in [4.69, 9.17) is 0 Å². The summed E-state index contributed by atoms with van der Waals surface area (Å²) in [6, 6.07) is 7.05. The van der Waals surface area contributed by atoms with Crippen LogP contribution in [0.15, 0.2) is 29.2 Å². The summed E-state index contributed by atoms with van der Waals surface area (Å²) in [6.45, 7) is 8.29. The van der Waals surface area contributed by atoms with Crippen LogP contribution in [-0.2, 0) is 15.4 Å². The monoisotopic (exact) mass is 311 g/mol. The van der Waals surface area contributed by atoms with Crippen LogP contribution in [0.2, 0.25) is 0 Å². The van der Waals surface area contributed by atoms with E-state index >= 15 is 0 Å². The number of hydrogen-bond acceptors (Lipinski definition) is 3. The van der Waals surface area contributed by atoms with E-state index in [1.807, 2.05) is 39.8 Å². The summed E-state index contributed by atoms with van der Waals surface area (Å²) < 4.78 is 27.6. The maximum Gasteiger partial charge on any atom is 0.243 e. The largest absolute Gasteiger partial charge is 0.393 e. The van der Waals surface area contributed by atoms with Crippen LogP contribution in [0.4, 0.5) is 0 Å². The van der Waals surface area contributed by atoms with Gasteiger partial charge >= 0.3 is 0 Å². The van der Waals surface area contributed by atoms with Gasteiger partial charge in [0, 0.05) is 12.6 Å². The molecule has 2 unspecified atom stereocenters. The lowest BCUT2D eigenvalue weighted by molar-refractivity contribution is 0.0866. The summed E-state index contributed by atoms with van der Waals surface area (Å²) in [4.78, 5) is 0.390. The minimum absolute atomic E-state index is 0.174. The molecular weight excluding hydrogens is 286 g/mol. The Balaban J connectivity index is 2.46. The van der Waals surface area contributed by atoms with Crippen molar-refractivity contribution in [3.05, 3.63) is 29.8 Å². The van der Waals surface area contributed by atoms with Gasteiger partial charge in [-0.05, 0) is 36.8 Å². The average Bonchev–Trinajstić information content (AvgIpc) is 2.37. The van der Waals surface area contributed by atoms with Gasteiger partial charge in [0.25, 0.3) is 0 Å². The van der Waals surface area contributed by atoms with Gasteiger partial charge in [-0.3, -0.25) is 0 Å². The van der Waals surface area contributed by atoms with Crippen molar-refractivity contribution in [3.8, 4) is 0 Å². The van der Waals surface area contributed by atoms with E-state index in [0.717, 1.165) is 5.56 Å². The standard InChI is InChI=1S/C16H25NO3S/c1-12-11-13(18)9-10-17(12)21(19,20)15-8-6-5-7-14(15)16(2,3)4/h5-8,12-13,18H,9-11H2,1-4H3. The summed E-state index contributed by atoms with van der Waals surface area (Å²) in [5, 5.41) is 9.70. The van der Waals surface area contributed by atoms with Gasteiger partial charge in [0.1, 0.15) is 0 Å². The minimum atomic E-state index is -3.53. The molecule has 2 atom stereocenters. The van der Waals surface area contributed by atoms with E-state index in [1.54, 1.807) is 12.1 Å². The Morgan fingerprint density at radius 1 is 1.24 bits per heavy atom. The molecule has 0 spiro atoms. The molecule has 0 radical (unpaired) electrons. The number of nitrogens with zero attached hydrogens (tertiary/aromatic N) is 1. The first-order chi connectivity index (χ1) is 9.64. The molecule has 1 N–H and O–H groups in total. The highest BCUT2D eigenvalue weighted by molar-refractivity contribution is 7.89. The van der Waals surface area contributed by atoms with Gasteiger partial charge < -0.3 is 5.11 Å². The summed E-state index contributed by atoms with van der Waals surface area (Å²) >= 11 is 0. The molecule has 0 bridgehead atoms. The van der Waals surface area contributed by atoms with Crippen molar-refractivity contribution in [2.75, 3.05) is 6.54 Å². The average molecular weight is 311 g/mol. The van der Waals surface area contributed by atoms with Gasteiger partial charge in [-0.2, -0.15) is 4.31 Å². The molecule has 1 heterocycles. The first kappa shape index (κ1) is 16.5. The van der Waals surface area contributed by atoms with E-state index < -0.39 is 16.1 Å². The fraction of sp³-hybridized carbons (Fsp3) is 0.625. The fourth-order valence-electron chi connectivity index (χ4n) is 2.92. The van der Waals surface area contributed by atoms with Crippen LogP contribution in [0, 0.1) is 0 Å². The molecule has 1 aliphatic rings. The van der Waals surface area contributed by atoms with Gasteiger partial charge in [0.05, 0.1) is 11.0 Å². The Labute approximate surface area is 127 Å². The molecule has 1 aromatic carbocycles. The van der Waals surface area contributed by atoms with E-state index in [-0.39, 0.29) is 11.5 Å². The van der Waals surface area contributed by atoms with Crippen molar-refractivity contribution in [1.29, 1.82) is 0 Å². The SMILES string of the molecule is CC1CC(O)CCN1S(=O)(=O)c1ccccc1C(C)(C)C. The van der Waals surface area contributed by atoms with E-state index in [0.29, 0.717) is 24.3 Å². The molecule has 0 aliphatic carbocycles. The molecule has 0 amide bonds. The third-order valence-electron chi connectivity index (χ3n) is 4.07. The second-order valence-corrected chi connectivity index (χ2v) is 8.75. The van der Waals surface area contributed by atoms with Crippen molar-refractivity contribution < 1.29 is 13.5 Å². The smallest absolute Gasteiger partial charge is 0.243 e. The van der Waals surface area contributed by atoms with E-state index in [1.165, 1.54) is 4.31 Å². The zero-order valence-corrected chi connectivity index (χ0v) is 14.0. The van der Waals surface area contributed by atoms with Gasteiger partial charge in [0.2, 0.25) is 10.0 Å². The maximum absolute atomic E-state index is 13.0. The normalized spacial score (nSPS) is 25.0. The molecule has 0 saturated carbocycles. The van der Waals surface area contributed by atoms with E-state index in [9.17, 15) is 13.5 Å². The van der Waals surface area contributed by atoms with Crippen LogP contribution in [0.5, 0.6) is 0 Å². The predicted octanol–water partition coefficient (Wildman–Crippen LogP) is 2.52. The van der Waals surface area contributed by atoms with Crippen molar-refractivity contribution >= 4 is 10.0 Å². The second kappa shape index (κ2) is 5.71. The van der Waals surface area contributed by atoms with Gasteiger partial charge in [-0.1, -0.05) is 39.0 Å². The molecule has 21 heavy (non-hydrogen) atoms. The number of rotatable bonds is 2. The zero-order valence-electron chi connectivity index (χ0n) is 13.2. The van der Waals surface area contributed by atoms with Crippen LogP contribution >= 0.6 is 0 Å². The number of sulfonamides is 1. The summed E-state index contributed by atoms with van der Waals surface area (Å²) in [5.41, 5.74) is 0.602. The lowest BCUT2D eigenvalue weighted by Gasteiger charge is -2.36. The van der Waals surface area contributed by atoms with Gasteiger partial charge in [-0.25, -0.2) is 8.42 Å². The van der Waals surface area contributed by atoms with Crippen LogP contribution < -0.4 is 0 Å². The molecule has 4 nitrogen and oxygen atoms in total. The van der Waals surface area contributed by atoms with Crippen LogP contribution in [0.25, 0.3) is 0 Å². The maximum atomic E-state index is 13.0. The quantitative estimate of drug-likeness (QED) is 0.913.